The van der Waals surface area contributed by atoms with Crippen molar-refractivity contribution in [3.8, 4) is 0 Å². The zero-order valence-electron chi connectivity index (χ0n) is 28.2. The lowest BCUT2D eigenvalue weighted by Crippen LogP contribution is -2.30. The Hall–Kier alpha value is -1.59. The molecule has 0 aliphatic carbocycles. The SMILES string of the molecule is CCCCCCCCCCCCC(=O)OC[C@@H](COC(=O)CCCCCCCCC(C)C)OC(=O)CCCCCCC. The van der Waals surface area contributed by atoms with E-state index < -0.39 is 6.10 Å². The number of carbonyl (C=O) groups excluding carboxylic acids is 3. The Morgan fingerprint density at radius 2 is 0.786 bits per heavy atom. The number of ether oxygens (including phenoxy) is 3. The number of hydrogen-bond acceptors (Lipinski definition) is 6. The second-order valence-electron chi connectivity index (χ2n) is 12.6. The van der Waals surface area contributed by atoms with Gasteiger partial charge in [0.05, 0.1) is 0 Å². The van der Waals surface area contributed by atoms with Gasteiger partial charge < -0.3 is 14.2 Å². The van der Waals surface area contributed by atoms with E-state index in [1.807, 2.05) is 0 Å². The highest BCUT2D eigenvalue weighted by atomic mass is 16.6. The van der Waals surface area contributed by atoms with Gasteiger partial charge in [0.25, 0.3) is 0 Å². The van der Waals surface area contributed by atoms with Crippen LogP contribution in [0.5, 0.6) is 0 Å². The van der Waals surface area contributed by atoms with Crippen molar-refractivity contribution in [1.82, 2.24) is 0 Å². The fourth-order valence-electron chi connectivity index (χ4n) is 5.04. The standard InChI is InChI=1S/C36H68O6/c1-5-7-9-11-12-13-14-15-20-23-27-34(37)40-30-33(42-36(39)29-25-18-10-8-6-2)31-41-35(38)28-24-21-17-16-19-22-26-32(3)4/h32-33H,5-31H2,1-4H3/t33-/m0/s1. The minimum Gasteiger partial charge on any atom is -0.462 e. The molecule has 1 atom stereocenters. The number of rotatable bonds is 31. The average Bonchev–Trinajstić information content (AvgIpc) is 2.96. The lowest BCUT2D eigenvalue weighted by atomic mass is 10.0. The van der Waals surface area contributed by atoms with Crippen LogP contribution in [0.4, 0.5) is 0 Å². The molecule has 0 unspecified atom stereocenters. The van der Waals surface area contributed by atoms with Gasteiger partial charge in [-0.25, -0.2) is 0 Å². The lowest BCUT2D eigenvalue weighted by Gasteiger charge is -2.18. The second kappa shape index (κ2) is 30.9. The summed E-state index contributed by atoms with van der Waals surface area (Å²) < 4.78 is 16.4. The predicted octanol–water partition coefficient (Wildman–Crippen LogP) is 10.4. The summed E-state index contributed by atoms with van der Waals surface area (Å²) in [6, 6.07) is 0. The molecule has 0 aromatic rings. The van der Waals surface area contributed by atoms with E-state index in [1.165, 1.54) is 77.0 Å². The molecule has 0 heterocycles. The van der Waals surface area contributed by atoms with Crippen LogP contribution in [-0.2, 0) is 28.6 Å². The third kappa shape index (κ3) is 29.9. The van der Waals surface area contributed by atoms with Gasteiger partial charge in [0, 0.05) is 19.3 Å². The Morgan fingerprint density at radius 1 is 0.452 bits per heavy atom. The minimum atomic E-state index is -0.755. The van der Waals surface area contributed by atoms with Gasteiger partial charge in [0.2, 0.25) is 0 Å². The summed E-state index contributed by atoms with van der Waals surface area (Å²) in [5, 5.41) is 0. The van der Waals surface area contributed by atoms with E-state index in [4.69, 9.17) is 14.2 Å². The quantitative estimate of drug-likeness (QED) is 0.0450. The summed E-state index contributed by atoms with van der Waals surface area (Å²) in [5.41, 5.74) is 0. The van der Waals surface area contributed by atoms with Gasteiger partial charge in [0.15, 0.2) is 6.10 Å². The fourth-order valence-corrected chi connectivity index (χ4v) is 5.04. The predicted molar refractivity (Wildman–Crippen MR) is 173 cm³/mol. The molecular formula is C36H68O6. The Morgan fingerprint density at radius 3 is 1.17 bits per heavy atom. The Bertz CT molecular complexity index is 632. The van der Waals surface area contributed by atoms with Crippen LogP contribution in [0.15, 0.2) is 0 Å². The highest BCUT2D eigenvalue weighted by Crippen LogP contribution is 2.14. The fraction of sp³-hybridized carbons (Fsp3) is 0.917. The Kier molecular flexibility index (Phi) is 29.7. The van der Waals surface area contributed by atoms with Crippen molar-refractivity contribution >= 4 is 17.9 Å². The van der Waals surface area contributed by atoms with Crippen molar-refractivity contribution in [3.05, 3.63) is 0 Å². The molecule has 0 fully saturated rings. The van der Waals surface area contributed by atoms with Crippen LogP contribution in [0.3, 0.4) is 0 Å². The van der Waals surface area contributed by atoms with Crippen molar-refractivity contribution in [3.63, 3.8) is 0 Å². The van der Waals surface area contributed by atoms with Crippen molar-refractivity contribution in [1.29, 1.82) is 0 Å². The van der Waals surface area contributed by atoms with Gasteiger partial charge in [0.1, 0.15) is 13.2 Å². The zero-order chi connectivity index (χ0) is 31.1. The first kappa shape index (κ1) is 40.4. The van der Waals surface area contributed by atoms with Gasteiger partial charge in [-0.05, 0) is 25.2 Å². The topological polar surface area (TPSA) is 78.9 Å². The van der Waals surface area contributed by atoms with Gasteiger partial charge in [-0.3, -0.25) is 14.4 Å². The molecule has 0 aliphatic heterocycles. The van der Waals surface area contributed by atoms with Gasteiger partial charge >= 0.3 is 17.9 Å². The number of esters is 3. The maximum Gasteiger partial charge on any atom is 0.306 e. The molecule has 0 radical (unpaired) electrons. The summed E-state index contributed by atoms with van der Waals surface area (Å²) in [6.45, 7) is 8.78. The molecule has 42 heavy (non-hydrogen) atoms. The van der Waals surface area contributed by atoms with Crippen molar-refractivity contribution in [2.45, 2.75) is 194 Å². The van der Waals surface area contributed by atoms with Crippen LogP contribution in [0.1, 0.15) is 188 Å². The third-order valence-corrected chi connectivity index (χ3v) is 7.79. The average molecular weight is 597 g/mol. The molecule has 0 saturated carbocycles. The van der Waals surface area contributed by atoms with Crippen molar-refractivity contribution in [2.75, 3.05) is 13.2 Å². The van der Waals surface area contributed by atoms with E-state index >= 15 is 0 Å². The van der Waals surface area contributed by atoms with Crippen LogP contribution in [-0.4, -0.2) is 37.2 Å². The van der Waals surface area contributed by atoms with E-state index in [9.17, 15) is 14.4 Å². The molecule has 0 bridgehead atoms. The molecular weight excluding hydrogens is 528 g/mol. The molecule has 0 saturated heterocycles. The van der Waals surface area contributed by atoms with Crippen LogP contribution >= 0.6 is 0 Å². The first-order valence-corrected chi connectivity index (χ1v) is 17.9. The second-order valence-corrected chi connectivity index (χ2v) is 12.6. The van der Waals surface area contributed by atoms with Crippen molar-refractivity contribution in [2.24, 2.45) is 5.92 Å². The zero-order valence-corrected chi connectivity index (χ0v) is 28.2. The molecule has 0 aromatic heterocycles. The molecule has 0 aromatic carbocycles. The smallest absolute Gasteiger partial charge is 0.306 e. The maximum absolute atomic E-state index is 12.4. The molecule has 6 heteroatoms. The van der Waals surface area contributed by atoms with E-state index in [1.54, 1.807) is 0 Å². The van der Waals surface area contributed by atoms with E-state index in [2.05, 4.69) is 27.7 Å². The number of carbonyl (C=O) groups is 3. The summed E-state index contributed by atoms with van der Waals surface area (Å²) >= 11 is 0. The van der Waals surface area contributed by atoms with Crippen molar-refractivity contribution < 1.29 is 28.6 Å². The third-order valence-electron chi connectivity index (χ3n) is 7.79. The first-order valence-electron chi connectivity index (χ1n) is 17.9. The highest BCUT2D eigenvalue weighted by Gasteiger charge is 2.19. The monoisotopic (exact) mass is 597 g/mol. The molecule has 0 amide bonds. The molecule has 0 rings (SSSR count). The highest BCUT2D eigenvalue weighted by molar-refractivity contribution is 5.71. The van der Waals surface area contributed by atoms with Gasteiger partial charge in [-0.2, -0.15) is 0 Å². The van der Waals surface area contributed by atoms with Crippen LogP contribution < -0.4 is 0 Å². The van der Waals surface area contributed by atoms with E-state index in [0.29, 0.717) is 19.3 Å². The molecule has 0 aliphatic rings. The van der Waals surface area contributed by atoms with Gasteiger partial charge in [-0.15, -0.1) is 0 Å². The normalized spacial score (nSPS) is 11.9. The summed E-state index contributed by atoms with van der Waals surface area (Å²) in [5.74, 6) is -0.125. The maximum atomic E-state index is 12.4. The van der Waals surface area contributed by atoms with Crippen LogP contribution in [0.2, 0.25) is 0 Å². The van der Waals surface area contributed by atoms with E-state index in [-0.39, 0.29) is 31.1 Å². The molecule has 6 nitrogen and oxygen atoms in total. The summed E-state index contributed by atoms with van der Waals surface area (Å²) in [7, 11) is 0. The first-order chi connectivity index (χ1) is 20.4. The molecule has 248 valence electrons. The summed E-state index contributed by atoms with van der Waals surface area (Å²) in [6.07, 6.45) is 25.6. The lowest BCUT2D eigenvalue weighted by molar-refractivity contribution is -0.167. The summed E-state index contributed by atoms with van der Waals surface area (Å²) in [4.78, 5) is 37.0. The minimum absolute atomic E-state index is 0.0676. The largest absolute Gasteiger partial charge is 0.462 e. The number of unbranched alkanes of at least 4 members (excludes halogenated alkanes) is 18. The Labute approximate surface area is 259 Å². The molecule has 0 spiro atoms. The number of hydrogen-bond donors (Lipinski definition) is 0. The van der Waals surface area contributed by atoms with Crippen LogP contribution in [0.25, 0.3) is 0 Å². The van der Waals surface area contributed by atoms with E-state index in [0.717, 1.165) is 70.1 Å². The Balaban J connectivity index is 4.28. The molecule has 0 N–H and O–H groups in total. The van der Waals surface area contributed by atoms with Crippen LogP contribution in [0, 0.1) is 5.92 Å². The van der Waals surface area contributed by atoms with Gasteiger partial charge in [-0.1, -0.05) is 150 Å².